The number of likely N-dealkylation sites (tertiary alicyclic amines) is 2. The number of nitrogens with zero attached hydrogens (tertiary/aromatic N) is 4. The average molecular weight is 367 g/mol. The van der Waals surface area contributed by atoms with Gasteiger partial charge in [-0.3, -0.25) is 9.89 Å². The number of urea groups is 1. The molecule has 1 aromatic heterocycles. The Labute approximate surface area is 158 Å². The van der Waals surface area contributed by atoms with Crippen molar-refractivity contribution in [2.45, 2.75) is 13.0 Å². The van der Waals surface area contributed by atoms with Crippen LogP contribution in [0.4, 0.5) is 4.79 Å². The molecule has 0 bridgehead atoms. The van der Waals surface area contributed by atoms with Gasteiger partial charge in [-0.15, -0.1) is 0 Å². The minimum absolute atomic E-state index is 0.00625. The molecule has 142 valence electrons. The number of H-pyrrole nitrogens is 1. The normalized spacial score (nSPS) is 24.2. The number of aryl methyl sites for hydroxylation is 1. The zero-order chi connectivity index (χ0) is 19.1. The molecule has 3 heterocycles. The van der Waals surface area contributed by atoms with Crippen molar-refractivity contribution in [2.24, 2.45) is 11.8 Å². The summed E-state index contributed by atoms with van der Waals surface area (Å²) < 4.78 is 0. The molecule has 7 nitrogen and oxygen atoms in total. The molecule has 2 aliphatic heterocycles. The van der Waals surface area contributed by atoms with Gasteiger partial charge in [0, 0.05) is 51.8 Å². The van der Waals surface area contributed by atoms with Crippen LogP contribution in [0.3, 0.4) is 0 Å². The lowest BCUT2D eigenvalue weighted by Crippen LogP contribution is -2.42. The minimum Gasteiger partial charge on any atom is -0.338 e. The summed E-state index contributed by atoms with van der Waals surface area (Å²) in [7, 11) is 3.58. The third-order valence-electron chi connectivity index (χ3n) is 5.83. The van der Waals surface area contributed by atoms with Gasteiger partial charge in [-0.05, 0) is 18.1 Å². The molecule has 0 radical (unpaired) electrons. The molecule has 2 saturated heterocycles. The standard InChI is InChI=1S/C20H25N5O2/c1-13-6-4-5-7-16(13)18-17-12-24(19(26)14-8-21-22-9-14)10-15(17)11-25(18)20(27)23(2)3/h4-9,15,17-18H,10-12H2,1-3H3,(H,21,22)/t15-,17-,18+/m1/s1. The summed E-state index contributed by atoms with van der Waals surface area (Å²) in [6, 6.07) is 8.27. The van der Waals surface area contributed by atoms with E-state index in [1.165, 1.54) is 11.1 Å². The van der Waals surface area contributed by atoms with Crippen LogP contribution in [0.15, 0.2) is 36.7 Å². The minimum atomic E-state index is -0.00625. The number of hydrogen-bond donors (Lipinski definition) is 1. The van der Waals surface area contributed by atoms with Crippen LogP contribution in [0, 0.1) is 18.8 Å². The van der Waals surface area contributed by atoms with Crippen molar-refractivity contribution in [3.63, 3.8) is 0 Å². The Morgan fingerprint density at radius 3 is 2.63 bits per heavy atom. The van der Waals surface area contributed by atoms with Crippen molar-refractivity contribution in [3.05, 3.63) is 53.3 Å². The highest BCUT2D eigenvalue weighted by Gasteiger charge is 2.50. The topological polar surface area (TPSA) is 72.5 Å². The van der Waals surface area contributed by atoms with Gasteiger partial charge in [-0.2, -0.15) is 5.10 Å². The second-order valence-corrected chi connectivity index (χ2v) is 7.75. The van der Waals surface area contributed by atoms with Crippen molar-refractivity contribution in [1.29, 1.82) is 0 Å². The molecule has 4 rings (SSSR count). The van der Waals surface area contributed by atoms with E-state index in [9.17, 15) is 9.59 Å². The first kappa shape index (κ1) is 17.6. The van der Waals surface area contributed by atoms with Crippen LogP contribution in [0.5, 0.6) is 0 Å². The molecule has 3 atom stereocenters. The van der Waals surface area contributed by atoms with Gasteiger partial charge in [-0.25, -0.2) is 4.79 Å². The van der Waals surface area contributed by atoms with Crippen LogP contribution in [0.2, 0.25) is 0 Å². The molecular weight excluding hydrogens is 342 g/mol. The Morgan fingerprint density at radius 2 is 1.96 bits per heavy atom. The fourth-order valence-electron chi connectivity index (χ4n) is 4.53. The third-order valence-corrected chi connectivity index (χ3v) is 5.83. The van der Waals surface area contributed by atoms with E-state index in [4.69, 9.17) is 0 Å². The maximum Gasteiger partial charge on any atom is 0.320 e. The molecule has 27 heavy (non-hydrogen) atoms. The number of aromatic nitrogens is 2. The first-order valence-electron chi connectivity index (χ1n) is 9.29. The molecule has 2 aliphatic rings. The van der Waals surface area contributed by atoms with E-state index in [1.807, 2.05) is 21.9 Å². The third kappa shape index (κ3) is 2.97. The summed E-state index contributed by atoms with van der Waals surface area (Å²) >= 11 is 0. The monoisotopic (exact) mass is 367 g/mol. The summed E-state index contributed by atoms with van der Waals surface area (Å²) in [5, 5.41) is 6.59. The number of nitrogens with one attached hydrogen (secondary N) is 1. The van der Waals surface area contributed by atoms with E-state index in [0.29, 0.717) is 25.2 Å². The molecule has 3 amide bonds. The van der Waals surface area contributed by atoms with Gasteiger partial charge < -0.3 is 14.7 Å². The maximum absolute atomic E-state index is 12.8. The second kappa shape index (κ2) is 6.72. The fraction of sp³-hybridized carbons (Fsp3) is 0.450. The first-order chi connectivity index (χ1) is 13.0. The average Bonchev–Trinajstić information content (AvgIpc) is 3.37. The predicted molar refractivity (Wildman–Crippen MR) is 101 cm³/mol. The highest BCUT2D eigenvalue weighted by molar-refractivity contribution is 5.94. The van der Waals surface area contributed by atoms with E-state index in [-0.39, 0.29) is 29.8 Å². The number of carbonyl (C=O) groups excluding carboxylic acids is 2. The zero-order valence-electron chi connectivity index (χ0n) is 15.9. The van der Waals surface area contributed by atoms with E-state index in [2.05, 4.69) is 29.3 Å². The second-order valence-electron chi connectivity index (χ2n) is 7.75. The van der Waals surface area contributed by atoms with Crippen molar-refractivity contribution < 1.29 is 9.59 Å². The van der Waals surface area contributed by atoms with E-state index < -0.39 is 0 Å². The van der Waals surface area contributed by atoms with Gasteiger partial charge in [-0.1, -0.05) is 24.3 Å². The molecule has 7 heteroatoms. The summed E-state index contributed by atoms with van der Waals surface area (Å²) in [6.07, 6.45) is 3.20. The highest BCUT2D eigenvalue weighted by Crippen LogP contribution is 2.46. The summed E-state index contributed by atoms with van der Waals surface area (Å²) in [5.74, 6) is 0.535. The summed E-state index contributed by atoms with van der Waals surface area (Å²) in [6.45, 7) is 4.10. The van der Waals surface area contributed by atoms with Gasteiger partial charge in [0.2, 0.25) is 0 Å². The fourth-order valence-corrected chi connectivity index (χ4v) is 4.53. The molecule has 2 fully saturated rings. The van der Waals surface area contributed by atoms with Crippen LogP contribution >= 0.6 is 0 Å². The highest BCUT2D eigenvalue weighted by atomic mass is 16.2. The summed E-state index contributed by atoms with van der Waals surface area (Å²) in [5.41, 5.74) is 2.95. The van der Waals surface area contributed by atoms with Crippen LogP contribution in [0.1, 0.15) is 27.5 Å². The number of fused-ring (bicyclic) bond motifs is 1. The Morgan fingerprint density at radius 1 is 1.19 bits per heavy atom. The molecule has 0 saturated carbocycles. The number of benzene rings is 1. The predicted octanol–water partition coefficient (Wildman–Crippen LogP) is 2.14. The van der Waals surface area contributed by atoms with E-state index in [0.717, 1.165) is 0 Å². The molecular formula is C20H25N5O2. The van der Waals surface area contributed by atoms with Gasteiger partial charge >= 0.3 is 6.03 Å². The Balaban J connectivity index is 1.64. The van der Waals surface area contributed by atoms with Gasteiger partial charge in [0.1, 0.15) is 0 Å². The van der Waals surface area contributed by atoms with Crippen LogP contribution < -0.4 is 0 Å². The number of hydrogen-bond acceptors (Lipinski definition) is 3. The van der Waals surface area contributed by atoms with Crippen molar-refractivity contribution in [2.75, 3.05) is 33.7 Å². The van der Waals surface area contributed by atoms with Crippen molar-refractivity contribution in [1.82, 2.24) is 24.9 Å². The summed E-state index contributed by atoms with van der Waals surface area (Å²) in [4.78, 5) is 31.1. The number of carbonyl (C=O) groups is 2. The lowest BCUT2D eigenvalue weighted by atomic mass is 9.88. The SMILES string of the molecule is Cc1ccccc1[C@H]1[C@@H]2CN(C(=O)c3cn[nH]c3)C[C@@H]2CN1C(=O)N(C)C. The van der Waals surface area contributed by atoms with E-state index >= 15 is 0 Å². The quantitative estimate of drug-likeness (QED) is 0.884. The molecule has 1 N–H and O–H groups in total. The molecule has 0 spiro atoms. The Kier molecular flexibility index (Phi) is 4.37. The smallest absolute Gasteiger partial charge is 0.320 e. The zero-order valence-corrected chi connectivity index (χ0v) is 15.9. The van der Waals surface area contributed by atoms with E-state index in [1.54, 1.807) is 31.4 Å². The maximum atomic E-state index is 12.8. The van der Waals surface area contributed by atoms with Gasteiger partial charge in [0.05, 0.1) is 17.8 Å². The molecule has 1 aromatic carbocycles. The molecule has 0 unspecified atom stereocenters. The van der Waals surface area contributed by atoms with Crippen molar-refractivity contribution >= 4 is 11.9 Å². The van der Waals surface area contributed by atoms with Gasteiger partial charge in [0.15, 0.2) is 0 Å². The largest absolute Gasteiger partial charge is 0.338 e. The van der Waals surface area contributed by atoms with Gasteiger partial charge in [0.25, 0.3) is 5.91 Å². The Hall–Kier alpha value is -2.83. The number of aromatic amines is 1. The lowest BCUT2D eigenvalue weighted by molar-refractivity contribution is 0.0766. The molecule has 2 aromatic rings. The number of rotatable bonds is 2. The number of amides is 3. The van der Waals surface area contributed by atoms with Crippen LogP contribution in [0.25, 0.3) is 0 Å². The van der Waals surface area contributed by atoms with Crippen LogP contribution in [-0.2, 0) is 0 Å². The Bertz CT molecular complexity index is 848. The van der Waals surface area contributed by atoms with Crippen LogP contribution in [-0.4, -0.2) is 70.6 Å². The lowest BCUT2D eigenvalue weighted by Gasteiger charge is -2.32. The first-order valence-corrected chi connectivity index (χ1v) is 9.29. The molecule has 0 aliphatic carbocycles. The van der Waals surface area contributed by atoms with Crippen molar-refractivity contribution in [3.8, 4) is 0 Å².